The summed E-state index contributed by atoms with van der Waals surface area (Å²) in [5, 5.41) is 10.5. The highest BCUT2D eigenvalue weighted by Gasteiger charge is 2.23. The zero-order valence-electron chi connectivity index (χ0n) is 13.0. The van der Waals surface area contributed by atoms with Crippen molar-refractivity contribution in [2.75, 3.05) is 11.1 Å². The number of fused-ring (bicyclic) bond motifs is 1. The Morgan fingerprint density at radius 1 is 1.20 bits per heavy atom. The average Bonchev–Trinajstić information content (AvgIpc) is 2.55. The molecule has 0 spiro atoms. The predicted molar refractivity (Wildman–Crippen MR) is 94.5 cm³/mol. The van der Waals surface area contributed by atoms with Crippen LogP contribution in [0.3, 0.4) is 0 Å². The molecule has 1 atom stereocenters. The molecule has 1 aliphatic heterocycles. The minimum Gasteiger partial charge on any atom is -0.331 e. The fraction of sp³-hybridized carbons (Fsp3) is 0.188. The van der Waals surface area contributed by atoms with E-state index < -0.39 is 16.1 Å². The van der Waals surface area contributed by atoms with Crippen molar-refractivity contribution in [3.05, 3.63) is 53.8 Å². The van der Waals surface area contributed by atoms with Gasteiger partial charge in [-0.05, 0) is 54.4 Å². The second-order valence-corrected chi connectivity index (χ2v) is 8.24. The van der Waals surface area contributed by atoms with E-state index in [2.05, 4.69) is 10.6 Å². The van der Waals surface area contributed by atoms with Crippen LogP contribution in [0.25, 0.3) is 0 Å². The Kier molecular flexibility index (Phi) is 4.98. The number of thioether (sulfide) groups is 1. The van der Waals surface area contributed by atoms with Gasteiger partial charge in [-0.25, -0.2) is 22.7 Å². The molecule has 0 aromatic heterocycles. The van der Waals surface area contributed by atoms with Crippen LogP contribution in [-0.2, 0) is 10.0 Å². The number of anilines is 1. The molecule has 1 aliphatic rings. The van der Waals surface area contributed by atoms with Crippen molar-refractivity contribution in [1.29, 1.82) is 0 Å². The molecule has 1 unspecified atom stereocenters. The molecule has 0 saturated heterocycles. The molecule has 9 heteroatoms. The van der Waals surface area contributed by atoms with Crippen molar-refractivity contribution >= 4 is 33.5 Å². The summed E-state index contributed by atoms with van der Waals surface area (Å²) in [7, 11) is -3.77. The number of hydrogen-bond donors (Lipinski definition) is 3. The van der Waals surface area contributed by atoms with Gasteiger partial charge in [0.15, 0.2) is 0 Å². The van der Waals surface area contributed by atoms with Crippen molar-refractivity contribution in [3.63, 3.8) is 0 Å². The number of carbonyl (C=O) groups excluding carboxylic acids is 1. The maximum absolute atomic E-state index is 13.5. The second-order valence-electron chi connectivity index (χ2n) is 5.54. The number of halogens is 1. The Balaban J connectivity index is 1.69. The average molecular weight is 381 g/mol. The van der Waals surface area contributed by atoms with Crippen LogP contribution in [0.2, 0.25) is 0 Å². The summed E-state index contributed by atoms with van der Waals surface area (Å²) >= 11 is 1.63. The number of amides is 2. The predicted octanol–water partition coefficient (Wildman–Crippen LogP) is 2.83. The summed E-state index contributed by atoms with van der Waals surface area (Å²) in [5.41, 5.74) is 1.19. The summed E-state index contributed by atoms with van der Waals surface area (Å²) < 4.78 is 35.9. The van der Waals surface area contributed by atoms with Crippen LogP contribution in [0.15, 0.2) is 52.3 Å². The Morgan fingerprint density at radius 3 is 2.60 bits per heavy atom. The van der Waals surface area contributed by atoms with E-state index in [4.69, 9.17) is 5.14 Å². The van der Waals surface area contributed by atoms with Crippen LogP contribution in [0.5, 0.6) is 0 Å². The van der Waals surface area contributed by atoms with Gasteiger partial charge in [0, 0.05) is 16.3 Å². The van der Waals surface area contributed by atoms with Crippen molar-refractivity contribution in [2.24, 2.45) is 5.14 Å². The molecule has 3 rings (SSSR count). The van der Waals surface area contributed by atoms with Crippen molar-refractivity contribution < 1.29 is 17.6 Å². The first-order valence-electron chi connectivity index (χ1n) is 7.45. The van der Waals surface area contributed by atoms with Crippen LogP contribution in [0.4, 0.5) is 14.9 Å². The van der Waals surface area contributed by atoms with E-state index in [1.165, 1.54) is 36.4 Å². The molecule has 0 radical (unpaired) electrons. The summed E-state index contributed by atoms with van der Waals surface area (Å²) in [6.45, 7) is 0. The summed E-state index contributed by atoms with van der Waals surface area (Å²) in [6, 6.07) is 9.35. The first kappa shape index (κ1) is 17.7. The van der Waals surface area contributed by atoms with Crippen LogP contribution < -0.4 is 15.8 Å². The molecule has 2 aromatic rings. The van der Waals surface area contributed by atoms with Gasteiger partial charge in [-0.2, -0.15) is 0 Å². The molecule has 2 amide bonds. The molecule has 0 fully saturated rings. The zero-order valence-corrected chi connectivity index (χ0v) is 14.7. The minimum absolute atomic E-state index is 0.0350. The van der Waals surface area contributed by atoms with E-state index in [-0.39, 0.29) is 16.8 Å². The SMILES string of the molecule is NS(=O)(=O)c1ccc(NC(=O)NC2CCSc3ccc(F)cc32)cc1. The Labute approximate surface area is 149 Å². The molecular formula is C16H16FN3O3S2. The summed E-state index contributed by atoms with van der Waals surface area (Å²) in [4.78, 5) is 13.1. The molecule has 2 aromatic carbocycles. The second kappa shape index (κ2) is 7.03. The third kappa shape index (κ3) is 4.30. The first-order valence-corrected chi connectivity index (χ1v) is 9.99. The largest absolute Gasteiger partial charge is 0.331 e. The topological polar surface area (TPSA) is 101 Å². The quantitative estimate of drug-likeness (QED) is 0.761. The molecule has 4 N–H and O–H groups in total. The molecule has 0 bridgehead atoms. The Bertz CT molecular complexity index is 901. The van der Waals surface area contributed by atoms with Gasteiger partial charge < -0.3 is 10.6 Å². The lowest BCUT2D eigenvalue weighted by atomic mass is 10.0. The Morgan fingerprint density at radius 2 is 1.92 bits per heavy atom. The minimum atomic E-state index is -3.77. The van der Waals surface area contributed by atoms with Crippen LogP contribution in [0, 0.1) is 5.82 Å². The van der Waals surface area contributed by atoms with Crippen LogP contribution in [-0.4, -0.2) is 20.2 Å². The molecule has 6 nitrogen and oxygen atoms in total. The number of hydrogen-bond acceptors (Lipinski definition) is 4. The maximum Gasteiger partial charge on any atom is 0.319 e. The van der Waals surface area contributed by atoms with Gasteiger partial charge in [0.2, 0.25) is 10.0 Å². The van der Waals surface area contributed by atoms with Gasteiger partial charge in [0.1, 0.15) is 5.82 Å². The van der Waals surface area contributed by atoms with E-state index in [9.17, 15) is 17.6 Å². The van der Waals surface area contributed by atoms with Crippen molar-refractivity contribution in [3.8, 4) is 0 Å². The highest BCUT2D eigenvalue weighted by Crippen LogP contribution is 2.36. The lowest BCUT2D eigenvalue weighted by molar-refractivity contribution is 0.248. The van der Waals surface area contributed by atoms with E-state index >= 15 is 0 Å². The number of carbonyl (C=O) groups is 1. The van der Waals surface area contributed by atoms with Gasteiger partial charge in [-0.15, -0.1) is 11.8 Å². The van der Waals surface area contributed by atoms with Crippen molar-refractivity contribution in [1.82, 2.24) is 5.32 Å². The maximum atomic E-state index is 13.5. The normalized spacial score (nSPS) is 16.8. The van der Waals surface area contributed by atoms with Gasteiger partial charge in [0.25, 0.3) is 0 Å². The van der Waals surface area contributed by atoms with Crippen LogP contribution in [0.1, 0.15) is 18.0 Å². The van der Waals surface area contributed by atoms with Gasteiger partial charge in [0.05, 0.1) is 10.9 Å². The molecule has 25 heavy (non-hydrogen) atoms. The van der Waals surface area contributed by atoms with E-state index in [0.717, 1.165) is 16.2 Å². The Hall–Kier alpha value is -2.10. The molecule has 0 aliphatic carbocycles. The lowest BCUT2D eigenvalue weighted by Crippen LogP contribution is -2.34. The number of nitrogens with one attached hydrogen (secondary N) is 2. The molecule has 132 valence electrons. The highest BCUT2D eigenvalue weighted by molar-refractivity contribution is 7.99. The number of urea groups is 1. The monoisotopic (exact) mass is 381 g/mol. The van der Waals surface area contributed by atoms with Gasteiger partial charge in [-0.3, -0.25) is 0 Å². The number of nitrogens with two attached hydrogens (primary N) is 1. The standard InChI is InChI=1S/C16H16FN3O3S2/c17-10-1-6-15-13(9-10)14(7-8-24-15)20-16(21)19-11-2-4-12(5-3-11)25(18,22)23/h1-6,9,14H,7-8H2,(H2,18,22,23)(H2,19,20,21). The lowest BCUT2D eigenvalue weighted by Gasteiger charge is -2.26. The smallest absolute Gasteiger partial charge is 0.319 e. The number of rotatable bonds is 3. The van der Waals surface area contributed by atoms with E-state index in [1.54, 1.807) is 17.8 Å². The number of sulfonamides is 1. The van der Waals surface area contributed by atoms with E-state index in [0.29, 0.717) is 12.1 Å². The first-order chi connectivity index (χ1) is 11.8. The van der Waals surface area contributed by atoms with E-state index in [1.807, 2.05) is 0 Å². The molecular weight excluding hydrogens is 365 g/mol. The number of benzene rings is 2. The third-order valence-corrected chi connectivity index (χ3v) is 5.81. The van der Waals surface area contributed by atoms with Gasteiger partial charge >= 0.3 is 6.03 Å². The summed E-state index contributed by atoms with van der Waals surface area (Å²) in [6.07, 6.45) is 0.693. The molecule has 1 heterocycles. The third-order valence-electron chi connectivity index (χ3n) is 3.76. The summed E-state index contributed by atoms with van der Waals surface area (Å²) in [5.74, 6) is 0.485. The van der Waals surface area contributed by atoms with Crippen molar-refractivity contribution in [2.45, 2.75) is 22.3 Å². The highest BCUT2D eigenvalue weighted by atomic mass is 32.2. The fourth-order valence-corrected chi connectivity index (χ4v) is 4.19. The van der Waals surface area contributed by atoms with Crippen LogP contribution >= 0.6 is 11.8 Å². The zero-order chi connectivity index (χ0) is 18.0. The molecule has 0 saturated carbocycles. The fourth-order valence-electron chi connectivity index (χ4n) is 2.57. The van der Waals surface area contributed by atoms with Gasteiger partial charge in [-0.1, -0.05) is 0 Å². The number of primary sulfonamides is 1.